The molecule has 0 atom stereocenters. The Morgan fingerprint density at radius 1 is 1.21 bits per heavy atom. The normalized spacial score (nSPS) is 11.1. The van der Waals surface area contributed by atoms with Crippen molar-refractivity contribution in [3.63, 3.8) is 0 Å². The molecular formula is C14H14N4O. The molecule has 0 bridgehead atoms. The van der Waals surface area contributed by atoms with Crippen LogP contribution in [0.15, 0.2) is 24.3 Å². The van der Waals surface area contributed by atoms with Gasteiger partial charge in [0, 0.05) is 11.8 Å². The van der Waals surface area contributed by atoms with Crippen LogP contribution in [-0.2, 0) is 6.42 Å². The fourth-order valence-electron chi connectivity index (χ4n) is 2.10. The van der Waals surface area contributed by atoms with E-state index >= 15 is 0 Å². The zero-order chi connectivity index (χ0) is 13.4. The molecule has 1 aromatic carbocycles. The Labute approximate surface area is 110 Å². The third-order valence-corrected chi connectivity index (χ3v) is 3.09. The maximum atomic E-state index is 5.97. The topological polar surface area (TPSA) is 73.9 Å². The van der Waals surface area contributed by atoms with Crippen LogP contribution in [0.3, 0.4) is 0 Å². The first-order valence-electron chi connectivity index (χ1n) is 6.12. The highest BCUT2D eigenvalue weighted by Crippen LogP contribution is 2.27. The van der Waals surface area contributed by atoms with Crippen molar-refractivity contribution in [2.24, 2.45) is 0 Å². The summed E-state index contributed by atoms with van der Waals surface area (Å²) in [7, 11) is 1.63. The molecule has 2 heterocycles. The van der Waals surface area contributed by atoms with E-state index in [2.05, 4.69) is 15.0 Å². The molecule has 2 aromatic heterocycles. The summed E-state index contributed by atoms with van der Waals surface area (Å²) < 4.78 is 5.33. The number of benzene rings is 1. The molecule has 0 unspecified atom stereocenters. The van der Waals surface area contributed by atoms with E-state index in [-0.39, 0.29) is 0 Å². The van der Waals surface area contributed by atoms with Crippen LogP contribution in [0, 0.1) is 0 Å². The van der Waals surface area contributed by atoms with Crippen LogP contribution in [0.5, 0.6) is 5.75 Å². The Balaban J connectivity index is 2.42. The molecule has 0 spiro atoms. The lowest BCUT2D eigenvalue weighted by Gasteiger charge is -2.07. The molecule has 0 aliphatic rings. The first-order chi connectivity index (χ1) is 9.22. The first-order valence-corrected chi connectivity index (χ1v) is 6.12. The molecule has 0 radical (unpaired) electrons. The quantitative estimate of drug-likeness (QED) is 0.710. The Morgan fingerprint density at radius 2 is 2.05 bits per heavy atom. The number of hydrogen-bond donors (Lipinski definition) is 1. The number of nitrogen functional groups attached to an aromatic ring is 1. The van der Waals surface area contributed by atoms with Gasteiger partial charge in [-0.25, -0.2) is 15.0 Å². The van der Waals surface area contributed by atoms with Crippen molar-refractivity contribution in [3.8, 4) is 5.75 Å². The lowest BCUT2D eigenvalue weighted by atomic mass is 10.1. The summed E-state index contributed by atoms with van der Waals surface area (Å²) in [6.45, 7) is 1.99. The van der Waals surface area contributed by atoms with Gasteiger partial charge in [0.2, 0.25) is 0 Å². The highest BCUT2D eigenvalue weighted by Gasteiger charge is 2.09. The largest absolute Gasteiger partial charge is 0.494 e. The fraction of sp³-hybridized carbons (Fsp3) is 0.214. The monoisotopic (exact) mass is 254 g/mol. The summed E-state index contributed by atoms with van der Waals surface area (Å²) >= 11 is 0. The molecule has 0 aliphatic carbocycles. The van der Waals surface area contributed by atoms with E-state index in [4.69, 9.17) is 10.5 Å². The number of hydrogen-bond acceptors (Lipinski definition) is 5. The van der Waals surface area contributed by atoms with Gasteiger partial charge < -0.3 is 10.5 Å². The van der Waals surface area contributed by atoms with E-state index in [1.165, 1.54) is 0 Å². The maximum Gasteiger partial charge on any atom is 0.165 e. The Hall–Kier alpha value is -2.43. The van der Waals surface area contributed by atoms with Crippen molar-refractivity contribution in [2.75, 3.05) is 12.8 Å². The average molecular weight is 254 g/mol. The lowest BCUT2D eigenvalue weighted by molar-refractivity contribution is 0.419. The number of aryl methyl sites for hydroxylation is 1. The Bertz CT molecular complexity index is 770. The van der Waals surface area contributed by atoms with E-state index in [0.717, 1.165) is 28.5 Å². The van der Waals surface area contributed by atoms with Gasteiger partial charge in [-0.15, -0.1) is 0 Å². The highest BCUT2D eigenvalue weighted by atomic mass is 16.5. The van der Waals surface area contributed by atoms with Crippen LogP contribution >= 0.6 is 0 Å². The molecule has 3 aromatic rings. The zero-order valence-electron chi connectivity index (χ0n) is 10.8. The molecule has 5 nitrogen and oxygen atoms in total. The standard InChI is InChI=1S/C14H14N4O/c1-3-11-16-13(15)9-7-8-5-4-6-10(19-2)12(8)18-14(9)17-11/h4-7H,3H2,1-2H3,(H2,15,16,17,18). The van der Waals surface area contributed by atoms with Gasteiger partial charge in [-0.1, -0.05) is 19.1 Å². The van der Waals surface area contributed by atoms with Crippen molar-refractivity contribution in [1.82, 2.24) is 15.0 Å². The lowest BCUT2D eigenvalue weighted by Crippen LogP contribution is -2.01. The fourth-order valence-corrected chi connectivity index (χ4v) is 2.10. The molecule has 0 fully saturated rings. The van der Waals surface area contributed by atoms with Gasteiger partial charge in [0.25, 0.3) is 0 Å². The summed E-state index contributed by atoms with van der Waals surface area (Å²) in [5, 5.41) is 1.74. The number of anilines is 1. The predicted octanol–water partition coefficient (Wildman–Crippen LogP) is 2.33. The van der Waals surface area contributed by atoms with E-state index in [1.807, 2.05) is 31.2 Å². The van der Waals surface area contributed by atoms with Crippen LogP contribution in [-0.4, -0.2) is 22.1 Å². The summed E-state index contributed by atoms with van der Waals surface area (Å²) in [5.74, 6) is 1.90. The van der Waals surface area contributed by atoms with Crippen molar-refractivity contribution in [3.05, 3.63) is 30.1 Å². The number of fused-ring (bicyclic) bond motifs is 2. The maximum absolute atomic E-state index is 5.97. The molecule has 2 N–H and O–H groups in total. The molecule has 19 heavy (non-hydrogen) atoms. The molecule has 5 heteroatoms. The number of methoxy groups -OCH3 is 1. The molecule has 96 valence electrons. The van der Waals surface area contributed by atoms with Gasteiger partial charge in [0.15, 0.2) is 5.65 Å². The number of pyridine rings is 1. The smallest absolute Gasteiger partial charge is 0.165 e. The minimum atomic E-state index is 0.471. The first kappa shape index (κ1) is 11.6. The average Bonchev–Trinajstić information content (AvgIpc) is 2.44. The summed E-state index contributed by atoms with van der Waals surface area (Å²) in [4.78, 5) is 13.2. The molecule has 0 amide bonds. The third-order valence-electron chi connectivity index (χ3n) is 3.09. The van der Waals surface area contributed by atoms with E-state index in [0.29, 0.717) is 17.3 Å². The summed E-state index contributed by atoms with van der Waals surface area (Å²) in [5.41, 5.74) is 7.37. The second-order valence-corrected chi connectivity index (χ2v) is 4.27. The number of rotatable bonds is 2. The number of nitrogens with two attached hydrogens (primary N) is 1. The van der Waals surface area contributed by atoms with Crippen LogP contribution in [0.2, 0.25) is 0 Å². The molecule has 0 aliphatic heterocycles. The molecule has 0 saturated heterocycles. The van der Waals surface area contributed by atoms with E-state index in [1.54, 1.807) is 7.11 Å². The SMILES string of the molecule is CCc1nc(N)c2cc3cccc(OC)c3nc2n1. The zero-order valence-corrected chi connectivity index (χ0v) is 10.8. The highest BCUT2D eigenvalue weighted by molar-refractivity contribution is 5.97. The number of nitrogens with zero attached hydrogens (tertiary/aromatic N) is 3. The van der Waals surface area contributed by atoms with Crippen LogP contribution in [0.4, 0.5) is 5.82 Å². The number of aromatic nitrogens is 3. The predicted molar refractivity (Wildman–Crippen MR) is 75.2 cm³/mol. The van der Waals surface area contributed by atoms with Gasteiger partial charge in [-0.05, 0) is 12.1 Å². The molecular weight excluding hydrogens is 240 g/mol. The van der Waals surface area contributed by atoms with Crippen LogP contribution in [0.25, 0.3) is 21.9 Å². The van der Waals surface area contributed by atoms with E-state index < -0.39 is 0 Å². The van der Waals surface area contributed by atoms with Gasteiger partial charge in [-0.3, -0.25) is 0 Å². The minimum absolute atomic E-state index is 0.471. The summed E-state index contributed by atoms with van der Waals surface area (Å²) in [6.07, 6.45) is 0.728. The molecule has 0 saturated carbocycles. The Kier molecular flexibility index (Phi) is 2.67. The van der Waals surface area contributed by atoms with Gasteiger partial charge in [0.05, 0.1) is 12.5 Å². The van der Waals surface area contributed by atoms with Gasteiger partial charge >= 0.3 is 0 Å². The van der Waals surface area contributed by atoms with Gasteiger partial charge in [0.1, 0.15) is 22.9 Å². The Morgan fingerprint density at radius 3 is 2.79 bits per heavy atom. The van der Waals surface area contributed by atoms with Crippen molar-refractivity contribution in [2.45, 2.75) is 13.3 Å². The van der Waals surface area contributed by atoms with Crippen molar-refractivity contribution >= 4 is 27.8 Å². The number of para-hydroxylation sites is 1. The van der Waals surface area contributed by atoms with Crippen molar-refractivity contribution < 1.29 is 4.74 Å². The second kappa shape index (κ2) is 4.35. The minimum Gasteiger partial charge on any atom is -0.494 e. The third kappa shape index (κ3) is 1.83. The van der Waals surface area contributed by atoms with Gasteiger partial charge in [-0.2, -0.15) is 0 Å². The van der Waals surface area contributed by atoms with Crippen molar-refractivity contribution in [1.29, 1.82) is 0 Å². The van der Waals surface area contributed by atoms with Crippen LogP contribution in [0.1, 0.15) is 12.7 Å². The second-order valence-electron chi connectivity index (χ2n) is 4.27. The van der Waals surface area contributed by atoms with Crippen LogP contribution < -0.4 is 10.5 Å². The summed E-state index contributed by atoms with van der Waals surface area (Å²) in [6, 6.07) is 7.73. The molecule has 3 rings (SSSR count). The number of ether oxygens (including phenoxy) is 1. The van der Waals surface area contributed by atoms with E-state index in [9.17, 15) is 0 Å².